The van der Waals surface area contributed by atoms with Crippen LogP contribution < -0.4 is 10.6 Å². The molecule has 4 heteroatoms. The Labute approximate surface area is 142 Å². The van der Waals surface area contributed by atoms with Gasteiger partial charge in [-0.2, -0.15) is 0 Å². The molecule has 2 N–H and O–H groups in total. The average molecular weight is 329 g/mol. The normalized spacial score (nSPS) is 10.0. The van der Waals surface area contributed by atoms with Crippen LogP contribution in [0.1, 0.15) is 11.1 Å². The lowest BCUT2D eigenvalue weighted by Crippen LogP contribution is -2.38. The summed E-state index contributed by atoms with van der Waals surface area (Å²) in [5.74, 6) is 0. The Balaban J connectivity index is 1.63. The molecule has 2 aromatic rings. The summed E-state index contributed by atoms with van der Waals surface area (Å²) in [6.07, 6.45) is 1.88. The second-order valence-corrected chi connectivity index (χ2v) is 5.80. The molecule has 0 aliphatic rings. The average Bonchev–Trinajstić information content (AvgIpc) is 2.56. The molecule has 0 amide bonds. The third kappa shape index (κ3) is 5.92. The van der Waals surface area contributed by atoms with Crippen LogP contribution in [0.2, 0.25) is 0 Å². The van der Waals surface area contributed by atoms with E-state index in [2.05, 4.69) is 34.9 Å². The lowest BCUT2D eigenvalue weighted by atomic mass is 10.1. The standard InChI is InChI=1S/C18H20N2S2/c21-17(19-13-11-15-7-3-1-4-8-15)18(22)20-14-12-16-9-5-2-6-10-16/h1-10H,11-14H2,(H,19,21)(H,20,22). The highest BCUT2D eigenvalue weighted by Crippen LogP contribution is 1.99. The lowest BCUT2D eigenvalue weighted by Gasteiger charge is -2.11. The van der Waals surface area contributed by atoms with E-state index in [0.717, 1.165) is 25.9 Å². The molecule has 0 radical (unpaired) electrons. The zero-order valence-electron chi connectivity index (χ0n) is 12.4. The van der Waals surface area contributed by atoms with Gasteiger partial charge in [0.1, 0.15) is 9.98 Å². The summed E-state index contributed by atoms with van der Waals surface area (Å²) >= 11 is 10.6. The molecule has 22 heavy (non-hydrogen) atoms. The Morgan fingerprint density at radius 3 is 1.36 bits per heavy atom. The summed E-state index contributed by atoms with van der Waals surface area (Å²) in [5.41, 5.74) is 2.58. The van der Waals surface area contributed by atoms with Gasteiger partial charge in [0, 0.05) is 13.1 Å². The van der Waals surface area contributed by atoms with Crippen molar-refractivity contribution in [3.05, 3.63) is 71.8 Å². The second kappa shape index (κ2) is 9.28. The maximum Gasteiger partial charge on any atom is 0.134 e. The number of benzene rings is 2. The lowest BCUT2D eigenvalue weighted by molar-refractivity contribution is 0.861. The van der Waals surface area contributed by atoms with Crippen molar-refractivity contribution in [1.29, 1.82) is 0 Å². The van der Waals surface area contributed by atoms with Crippen LogP contribution in [0.15, 0.2) is 60.7 Å². The first-order chi connectivity index (χ1) is 10.8. The minimum absolute atomic E-state index is 0.624. The van der Waals surface area contributed by atoms with Crippen LogP contribution in [-0.2, 0) is 12.8 Å². The van der Waals surface area contributed by atoms with Gasteiger partial charge in [0.25, 0.3) is 0 Å². The molecule has 0 saturated carbocycles. The van der Waals surface area contributed by atoms with Gasteiger partial charge in [0.05, 0.1) is 0 Å². The number of thiocarbonyl (C=S) groups is 2. The molecule has 0 fully saturated rings. The fourth-order valence-electron chi connectivity index (χ4n) is 2.09. The first-order valence-electron chi connectivity index (χ1n) is 7.39. The van der Waals surface area contributed by atoms with Gasteiger partial charge in [-0.3, -0.25) is 0 Å². The highest BCUT2D eigenvalue weighted by Gasteiger charge is 2.03. The van der Waals surface area contributed by atoms with Gasteiger partial charge in [-0.05, 0) is 24.0 Å². The van der Waals surface area contributed by atoms with E-state index in [0.29, 0.717) is 9.98 Å². The van der Waals surface area contributed by atoms with Gasteiger partial charge < -0.3 is 10.6 Å². The van der Waals surface area contributed by atoms with E-state index in [1.807, 2.05) is 36.4 Å². The Morgan fingerprint density at radius 1 is 0.636 bits per heavy atom. The van der Waals surface area contributed by atoms with E-state index in [-0.39, 0.29) is 0 Å². The molecule has 114 valence electrons. The monoisotopic (exact) mass is 328 g/mol. The third-order valence-corrected chi connectivity index (χ3v) is 4.12. The molecule has 2 nitrogen and oxygen atoms in total. The van der Waals surface area contributed by atoms with E-state index in [9.17, 15) is 0 Å². The van der Waals surface area contributed by atoms with Crippen molar-refractivity contribution in [2.24, 2.45) is 0 Å². The van der Waals surface area contributed by atoms with E-state index < -0.39 is 0 Å². The van der Waals surface area contributed by atoms with Crippen molar-refractivity contribution in [3.63, 3.8) is 0 Å². The van der Waals surface area contributed by atoms with E-state index >= 15 is 0 Å². The molecule has 0 aromatic heterocycles. The van der Waals surface area contributed by atoms with Crippen molar-refractivity contribution in [1.82, 2.24) is 10.6 Å². The fraction of sp³-hybridized carbons (Fsp3) is 0.222. The van der Waals surface area contributed by atoms with Gasteiger partial charge in [-0.1, -0.05) is 85.1 Å². The Morgan fingerprint density at radius 2 is 1.00 bits per heavy atom. The first-order valence-corrected chi connectivity index (χ1v) is 8.21. The van der Waals surface area contributed by atoms with Gasteiger partial charge in [-0.15, -0.1) is 0 Å². The van der Waals surface area contributed by atoms with E-state index in [4.69, 9.17) is 24.4 Å². The largest absolute Gasteiger partial charge is 0.374 e. The molecule has 0 aliphatic heterocycles. The number of rotatable bonds is 6. The van der Waals surface area contributed by atoms with Crippen LogP contribution in [0.4, 0.5) is 0 Å². The van der Waals surface area contributed by atoms with Crippen LogP contribution in [0.25, 0.3) is 0 Å². The topological polar surface area (TPSA) is 24.1 Å². The molecule has 0 bridgehead atoms. The zero-order chi connectivity index (χ0) is 15.6. The van der Waals surface area contributed by atoms with Crippen LogP contribution in [-0.4, -0.2) is 23.1 Å². The third-order valence-electron chi connectivity index (χ3n) is 3.29. The molecular formula is C18H20N2S2. The van der Waals surface area contributed by atoms with Crippen LogP contribution in [0.5, 0.6) is 0 Å². The summed E-state index contributed by atoms with van der Waals surface area (Å²) < 4.78 is 0. The molecular weight excluding hydrogens is 308 g/mol. The number of nitrogens with one attached hydrogen (secondary N) is 2. The van der Waals surface area contributed by atoms with Gasteiger partial charge in [-0.25, -0.2) is 0 Å². The van der Waals surface area contributed by atoms with Crippen LogP contribution in [0.3, 0.4) is 0 Å². The van der Waals surface area contributed by atoms with E-state index in [1.54, 1.807) is 0 Å². The van der Waals surface area contributed by atoms with Gasteiger partial charge >= 0.3 is 0 Å². The van der Waals surface area contributed by atoms with Crippen molar-refractivity contribution < 1.29 is 0 Å². The first kappa shape index (κ1) is 16.6. The summed E-state index contributed by atoms with van der Waals surface area (Å²) in [5, 5.41) is 6.41. The Bertz CT molecular complexity index is 541. The maximum atomic E-state index is 5.31. The zero-order valence-corrected chi connectivity index (χ0v) is 14.1. The quantitative estimate of drug-likeness (QED) is 0.795. The maximum absolute atomic E-state index is 5.31. The van der Waals surface area contributed by atoms with Crippen LogP contribution >= 0.6 is 24.4 Å². The molecule has 0 aliphatic carbocycles. The molecule has 0 saturated heterocycles. The second-order valence-electron chi connectivity index (χ2n) is 4.98. The van der Waals surface area contributed by atoms with E-state index in [1.165, 1.54) is 11.1 Å². The molecule has 0 heterocycles. The summed E-state index contributed by atoms with van der Waals surface area (Å²) in [6.45, 7) is 1.59. The molecule has 2 rings (SSSR count). The van der Waals surface area contributed by atoms with Crippen molar-refractivity contribution in [3.8, 4) is 0 Å². The molecule has 2 aromatic carbocycles. The molecule has 0 unspecified atom stereocenters. The Kier molecular flexibility index (Phi) is 7.00. The predicted molar refractivity (Wildman–Crippen MR) is 101 cm³/mol. The Hall–Kier alpha value is -1.78. The number of hydrogen-bond acceptors (Lipinski definition) is 2. The number of hydrogen-bond donors (Lipinski definition) is 2. The minimum Gasteiger partial charge on any atom is -0.374 e. The van der Waals surface area contributed by atoms with Gasteiger partial charge in [0.2, 0.25) is 0 Å². The summed E-state index contributed by atoms with van der Waals surface area (Å²) in [6, 6.07) is 20.7. The molecule has 0 spiro atoms. The summed E-state index contributed by atoms with van der Waals surface area (Å²) in [7, 11) is 0. The van der Waals surface area contributed by atoms with Crippen LogP contribution in [0, 0.1) is 0 Å². The summed E-state index contributed by atoms with van der Waals surface area (Å²) in [4.78, 5) is 1.25. The highest BCUT2D eigenvalue weighted by molar-refractivity contribution is 7.89. The SMILES string of the molecule is S=C(NCCc1ccccc1)C(=S)NCCc1ccccc1. The van der Waals surface area contributed by atoms with Crippen molar-refractivity contribution in [2.45, 2.75) is 12.8 Å². The highest BCUT2D eigenvalue weighted by atomic mass is 32.1. The smallest absolute Gasteiger partial charge is 0.134 e. The fourth-order valence-corrected chi connectivity index (χ4v) is 2.44. The van der Waals surface area contributed by atoms with Crippen molar-refractivity contribution >= 4 is 34.4 Å². The van der Waals surface area contributed by atoms with Gasteiger partial charge in [0.15, 0.2) is 0 Å². The predicted octanol–water partition coefficient (Wildman–Crippen LogP) is 3.31. The minimum atomic E-state index is 0.624. The molecule has 0 atom stereocenters. The van der Waals surface area contributed by atoms with Crippen molar-refractivity contribution in [2.75, 3.05) is 13.1 Å².